The third-order valence-corrected chi connectivity index (χ3v) is 10.7. The molecule has 2 aliphatic rings. The van der Waals surface area contributed by atoms with Crippen molar-refractivity contribution in [3.05, 3.63) is 59.7 Å². The molecule has 1 atom stereocenters. The molecule has 0 N–H and O–H groups in total. The molecule has 0 fully saturated rings. The minimum absolute atomic E-state index is 0.0961. The number of rotatable bonds is 2. The molecular weight excluding hydrogens is 311 g/mol. The molecule has 4 nitrogen and oxygen atoms in total. The molecule has 4 rings (SSSR count). The summed E-state index contributed by atoms with van der Waals surface area (Å²) >= 11 is 0. The number of fused-ring (bicyclic) bond motifs is 4. The van der Waals surface area contributed by atoms with Gasteiger partial charge in [0.15, 0.2) is 0 Å². The molecule has 0 saturated carbocycles. The van der Waals surface area contributed by atoms with Gasteiger partial charge in [0, 0.05) is 0 Å². The van der Waals surface area contributed by atoms with Crippen molar-refractivity contribution in [2.24, 2.45) is 0 Å². The van der Waals surface area contributed by atoms with Gasteiger partial charge in [0.1, 0.15) is 0 Å². The van der Waals surface area contributed by atoms with Gasteiger partial charge in [-0.3, -0.25) is 0 Å². The van der Waals surface area contributed by atoms with Crippen molar-refractivity contribution >= 4 is 29.6 Å². The molecule has 23 heavy (non-hydrogen) atoms. The van der Waals surface area contributed by atoms with Crippen LogP contribution in [0.25, 0.3) is 0 Å². The first-order chi connectivity index (χ1) is 11.0. The maximum absolute atomic E-state index is 12.6. The Kier molecular flexibility index (Phi) is 2.77. The summed E-state index contributed by atoms with van der Waals surface area (Å²) in [5.41, 5.74) is 0.922. The summed E-state index contributed by atoms with van der Waals surface area (Å²) in [7, 11) is -3.79. The van der Waals surface area contributed by atoms with Crippen LogP contribution in [0, 0.1) is 0 Å². The van der Waals surface area contributed by atoms with E-state index in [2.05, 4.69) is 0 Å². The summed E-state index contributed by atoms with van der Waals surface area (Å²) < 4.78 is 12.1. The number of benzene rings is 2. The van der Waals surface area contributed by atoms with Crippen LogP contribution in [-0.4, -0.2) is 17.6 Å². The van der Waals surface area contributed by atoms with Crippen LogP contribution in [-0.2, 0) is 9.05 Å². The first-order valence-electron chi connectivity index (χ1n) is 7.73. The Morgan fingerprint density at radius 2 is 1.30 bits per heavy atom. The molecule has 0 aromatic heterocycles. The second-order valence-electron chi connectivity index (χ2n) is 6.07. The van der Waals surface area contributed by atoms with E-state index in [4.69, 9.17) is 9.05 Å². The molecule has 118 valence electrons. The summed E-state index contributed by atoms with van der Waals surface area (Å²) in [6.45, 7) is 4.03. The van der Waals surface area contributed by atoms with E-state index in [1.54, 1.807) is 24.3 Å². The molecule has 1 spiro atoms. The van der Waals surface area contributed by atoms with Gasteiger partial charge >= 0.3 is 134 Å². The summed E-state index contributed by atoms with van der Waals surface area (Å²) in [5.74, 6) is -0.800. The zero-order valence-corrected chi connectivity index (χ0v) is 13.9. The summed E-state index contributed by atoms with van der Waals surface area (Å²) in [6, 6.07) is 14.6. The monoisotopic (exact) mass is 328 g/mol. The Balaban J connectivity index is 2.18. The molecule has 0 aliphatic carbocycles. The summed E-state index contributed by atoms with van der Waals surface area (Å²) in [5, 5.41) is 1.49. The molecule has 2 aliphatic heterocycles. The Hall–Kier alpha value is -2.19. The van der Waals surface area contributed by atoms with Crippen molar-refractivity contribution in [1.82, 2.24) is 0 Å². The van der Waals surface area contributed by atoms with Gasteiger partial charge in [-0.1, -0.05) is 0 Å². The fraction of sp³-hybridized carbons (Fsp3) is 0.222. The molecule has 0 amide bonds. The van der Waals surface area contributed by atoms with Gasteiger partial charge in [-0.2, -0.15) is 0 Å². The van der Waals surface area contributed by atoms with E-state index in [1.807, 2.05) is 38.1 Å². The van der Waals surface area contributed by atoms with Crippen molar-refractivity contribution < 1.29 is 18.6 Å². The van der Waals surface area contributed by atoms with E-state index in [-0.39, 0.29) is 5.66 Å². The van der Waals surface area contributed by atoms with Crippen molar-refractivity contribution in [2.75, 3.05) is 0 Å². The Labute approximate surface area is 134 Å². The second kappa shape index (κ2) is 4.42. The Bertz CT molecular complexity index is 792. The summed E-state index contributed by atoms with van der Waals surface area (Å²) in [4.78, 5) is 25.2. The fourth-order valence-corrected chi connectivity index (χ4v) is 9.29. The predicted octanol–water partition coefficient (Wildman–Crippen LogP) is 3.16. The second-order valence-corrected chi connectivity index (χ2v) is 10.3. The average Bonchev–Trinajstić information content (AvgIpc) is 3.00. The van der Waals surface area contributed by atoms with E-state index in [0.717, 1.165) is 17.0 Å². The van der Waals surface area contributed by atoms with Crippen molar-refractivity contribution in [3.8, 4) is 0 Å². The third-order valence-electron chi connectivity index (χ3n) is 5.08. The van der Waals surface area contributed by atoms with Crippen LogP contribution >= 0.6 is 7.06 Å². The quantitative estimate of drug-likeness (QED) is 0.795. The Morgan fingerprint density at radius 1 is 0.870 bits per heavy atom. The first kappa shape index (κ1) is 14.4. The van der Waals surface area contributed by atoms with Gasteiger partial charge in [0.2, 0.25) is 0 Å². The van der Waals surface area contributed by atoms with E-state index in [9.17, 15) is 9.59 Å². The van der Waals surface area contributed by atoms with Crippen LogP contribution in [0.4, 0.5) is 0 Å². The number of carbonyl (C=O) groups excluding carboxylic acids is 2. The Morgan fingerprint density at radius 3 is 1.74 bits per heavy atom. The van der Waals surface area contributed by atoms with Crippen LogP contribution < -0.4 is 10.6 Å². The predicted molar refractivity (Wildman–Crippen MR) is 89.7 cm³/mol. The molecule has 2 aromatic carbocycles. The first-order valence-corrected chi connectivity index (χ1v) is 9.88. The third kappa shape index (κ3) is 1.45. The molecule has 2 heterocycles. The van der Waals surface area contributed by atoms with E-state index < -0.39 is 19.0 Å². The van der Waals surface area contributed by atoms with Crippen LogP contribution in [0.3, 0.4) is 0 Å². The van der Waals surface area contributed by atoms with E-state index in [0.29, 0.717) is 11.1 Å². The fourth-order valence-electron chi connectivity index (χ4n) is 3.79. The number of hydrogen-bond acceptors (Lipinski definition) is 4. The topological polar surface area (TPSA) is 52.6 Å². The average molecular weight is 328 g/mol. The van der Waals surface area contributed by atoms with Crippen LogP contribution in [0.2, 0.25) is 0 Å². The van der Waals surface area contributed by atoms with Gasteiger partial charge in [-0.05, 0) is 0 Å². The number of hydrogen-bond donors (Lipinski definition) is 0. The minimum atomic E-state index is -3.79. The number of carbonyl (C=O) groups is 2. The van der Waals surface area contributed by atoms with Gasteiger partial charge in [0.05, 0.1) is 0 Å². The molecule has 0 bridgehead atoms. The van der Waals surface area contributed by atoms with Gasteiger partial charge in [0.25, 0.3) is 0 Å². The summed E-state index contributed by atoms with van der Waals surface area (Å²) in [6.07, 6.45) is 0.737. The van der Waals surface area contributed by atoms with Crippen LogP contribution in [0.5, 0.6) is 0 Å². The van der Waals surface area contributed by atoms with Gasteiger partial charge in [-0.15, -0.1) is 0 Å². The zero-order valence-electron chi connectivity index (χ0n) is 13.0. The SMILES string of the molecule is CCC(C)P12(OC(=O)c3ccccc31)OC(=O)c1ccccc12. The van der Waals surface area contributed by atoms with Crippen molar-refractivity contribution in [3.63, 3.8) is 0 Å². The zero-order chi connectivity index (χ0) is 16.3. The molecule has 5 heteroatoms. The van der Waals surface area contributed by atoms with Gasteiger partial charge in [-0.25, -0.2) is 0 Å². The molecule has 2 aromatic rings. The molecular formula is C18H17O4P. The van der Waals surface area contributed by atoms with Crippen LogP contribution in [0.1, 0.15) is 41.0 Å². The van der Waals surface area contributed by atoms with E-state index >= 15 is 0 Å². The normalized spacial score (nSPS) is 22.4. The van der Waals surface area contributed by atoms with Gasteiger partial charge < -0.3 is 0 Å². The van der Waals surface area contributed by atoms with E-state index in [1.165, 1.54) is 0 Å². The molecule has 0 radical (unpaired) electrons. The maximum atomic E-state index is 12.6. The molecule has 1 unspecified atom stereocenters. The van der Waals surface area contributed by atoms with Crippen molar-refractivity contribution in [1.29, 1.82) is 0 Å². The van der Waals surface area contributed by atoms with Crippen molar-refractivity contribution in [2.45, 2.75) is 25.9 Å². The van der Waals surface area contributed by atoms with Crippen LogP contribution in [0.15, 0.2) is 48.5 Å². The molecule has 0 saturated heterocycles. The standard InChI is InChI=1S/C18H17O4P/c1-3-12(2)23(15-10-6-4-8-13(15)17(19)21-23)16-11-7-5-9-14(16)18(20)22-23/h4-12H,3H2,1-2H3.